The molecule has 0 N–H and O–H groups in total. The first-order chi connectivity index (χ1) is 11.4. The van der Waals surface area contributed by atoms with E-state index in [0.29, 0.717) is 22.3 Å². The molecule has 0 atom stereocenters. The SMILES string of the molecule is CSOc1ccc2c(=O)c(-c3ccc(C(C)(C)C)cc3)coc2c1. The minimum absolute atomic E-state index is 0.0320. The lowest BCUT2D eigenvalue weighted by molar-refractivity contribution is 0.590. The van der Waals surface area contributed by atoms with Crippen LogP contribution in [0.4, 0.5) is 0 Å². The van der Waals surface area contributed by atoms with Crippen molar-refractivity contribution in [3.63, 3.8) is 0 Å². The van der Waals surface area contributed by atoms with Crippen LogP contribution in [-0.4, -0.2) is 6.26 Å². The van der Waals surface area contributed by atoms with E-state index in [2.05, 4.69) is 32.9 Å². The van der Waals surface area contributed by atoms with Gasteiger partial charge in [0.2, 0.25) is 0 Å². The molecule has 3 nitrogen and oxygen atoms in total. The van der Waals surface area contributed by atoms with Gasteiger partial charge in [0.25, 0.3) is 0 Å². The standard InChI is InChI=1S/C20H20O3S/c1-20(2,3)14-7-5-13(6-8-14)17-12-22-18-11-15(23-24-4)9-10-16(18)19(17)21/h5-12H,1-4H3. The van der Waals surface area contributed by atoms with Crippen molar-refractivity contribution in [2.45, 2.75) is 26.2 Å². The minimum Gasteiger partial charge on any atom is -0.463 e. The van der Waals surface area contributed by atoms with Gasteiger partial charge in [0, 0.05) is 12.3 Å². The molecule has 0 saturated heterocycles. The summed E-state index contributed by atoms with van der Waals surface area (Å²) in [5.41, 5.74) is 3.25. The van der Waals surface area contributed by atoms with Gasteiger partial charge in [-0.1, -0.05) is 45.0 Å². The summed E-state index contributed by atoms with van der Waals surface area (Å²) in [5, 5.41) is 0.556. The molecule has 0 spiro atoms. The Hall–Kier alpha value is -2.20. The van der Waals surface area contributed by atoms with Crippen LogP contribution in [0.15, 0.2) is 57.9 Å². The highest BCUT2D eigenvalue weighted by atomic mass is 32.2. The first-order valence-corrected chi connectivity index (χ1v) is 8.92. The number of fused-ring (bicyclic) bond motifs is 1. The van der Waals surface area contributed by atoms with Gasteiger partial charge in [-0.05, 0) is 28.7 Å². The number of benzene rings is 2. The molecule has 24 heavy (non-hydrogen) atoms. The fourth-order valence-corrected chi connectivity index (χ4v) is 2.90. The average Bonchev–Trinajstić information content (AvgIpc) is 2.55. The summed E-state index contributed by atoms with van der Waals surface area (Å²) < 4.78 is 11.0. The fourth-order valence-electron chi connectivity index (χ4n) is 2.61. The Labute approximate surface area is 145 Å². The fraction of sp³-hybridized carbons (Fsp3) is 0.250. The summed E-state index contributed by atoms with van der Waals surface area (Å²) in [6, 6.07) is 13.3. The van der Waals surface area contributed by atoms with Gasteiger partial charge < -0.3 is 8.60 Å². The van der Waals surface area contributed by atoms with Crippen molar-refractivity contribution in [2.24, 2.45) is 0 Å². The van der Waals surface area contributed by atoms with Gasteiger partial charge in [-0.15, -0.1) is 0 Å². The van der Waals surface area contributed by atoms with E-state index in [9.17, 15) is 4.79 Å². The third kappa shape index (κ3) is 3.20. The highest BCUT2D eigenvalue weighted by Gasteiger charge is 2.15. The van der Waals surface area contributed by atoms with Gasteiger partial charge in [0.05, 0.1) is 23.0 Å². The molecule has 2 aromatic carbocycles. The summed E-state index contributed by atoms with van der Waals surface area (Å²) in [7, 11) is 0. The molecule has 0 fully saturated rings. The van der Waals surface area contributed by atoms with Crippen molar-refractivity contribution in [2.75, 3.05) is 6.26 Å². The summed E-state index contributed by atoms with van der Waals surface area (Å²) in [6.45, 7) is 6.50. The van der Waals surface area contributed by atoms with Crippen molar-refractivity contribution in [1.29, 1.82) is 0 Å². The predicted molar refractivity (Wildman–Crippen MR) is 101 cm³/mol. The van der Waals surface area contributed by atoms with E-state index < -0.39 is 0 Å². The molecule has 4 heteroatoms. The molecule has 0 aliphatic rings. The van der Waals surface area contributed by atoms with Crippen LogP contribution >= 0.6 is 12.0 Å². The Morgan fingerprint density at radius 3 is 2.38 bits per heavy atom. The number of hydrogen-bond acceptors (Lipinski definition) is 4. The maximum atomic E-state index is 12.8. The Morgan fingerprint density at radius 1 is 1.04 bits per heavy atom. The van der Waals surface area contributed by atoms with E-state index in [1.165, 1.54) is 23.9 Å². The summed E-state index contributed by atoms with van der Waals surface area (Å²) in [4.78, 5) is 12.8. The topological polar surface area (TPSA) is 39.4 Å². The Kier molecular flexibility index (Phi) is 4.41. The second kappa shape index (κ2) is 6.36. The lowest BCUT2D eigenvalue weighted by Crippen LogP contribution is -2.11. The Morgan fingerprint density at radius 2 is 1.75 bits per heavy atom. The molecule has 1 aromatic heterocycles. The number of rotatable bonds is 3. The summed E-state index contributed by atoms with van der Waals surface area (Å²) in [5.74, 6) is 0.667. The van der Waals surface area contributed by atoms with Gasteiger partial charge in [-0.3, -0.25) is 4.79 Å². The quantitative estimate of drug-likeness (QED) is 0.597. The minimum atomic E-state index is -0.0320. The zero-order chi connectivity index (χ0) is 17.3. The maximum absolute atomic E-state index is 12.8. The smallest absolute Gasteiger partial charge is 0.200 e. The molecule has 0 saturated carbocycles. The zero-order valence-electron chi connectivity index (χ0n) is 14.3. The molecule has 0 radical (unpaired) electrons. The van der Waals surface area contributed by atoms with Gasteiger partial charge in [0.15, 0.2) is 5.43 Å². The van der Waals surface area contributed by atoms with E-state index in [-0.39, 0.29) is 10.8 Å². The monoisotopic (exact) mass is 340 g/mol. The van der Waals surface area contributed by atoms with Gasteiger partial charge in [-0.2, -0.15) is 0 Å². The van der Waals surface area contributed by atoms with Crippen molar-refractivity contribution in [3.8, 4) is 16.9 Å². The van der Waals surface area contributed by atoms with E-state index >= 15 is 0 Å². The summed E-state index contributed by atoms with van der Waals surface area (Å²) in [6.07, 6.45) is 3.37. The predicted octanol–water partition coefficient (Wildman–Crippen LogP) is 5.41. The van der Waals surface area contributed by atoms with Crippen molar-refractivity contribution >= 4 is 23.0 Å². The summed E-state index contributed by atoms with van der Waals surface area (Å²) >= 11 is 1.25. The van der Waals surface area contributed by atoms with Crippen molar-refractivity contribution in [3.05, 3.63) is 64.5 Å². The Bertz CT molecular complexity index is 918. The lowest BCUT2D eigenvalue weighted by Gasteiger charge is -2.19. The second-order valence-electron chi connectivity index (χ2n) is 6.71. The normalized spacial score (nSPS) is 11.7. The highest BCUT2D eigenvalue weighted by molar-refractivity contribution is 7.94. The van der Waals surface area contributed by atoms with Crippen LogP contribution in [0.1, 0.15) is 26.3 Å². The molecule has 0 aliphatic carbocycles. The lowest BCUT2D eigenvalue weighted by atomic mass is 9.86. The molecule has 1 heterocycles. The van der Waals surface area contributed by atoms with Crippen LogP contribution < -0.4 is 9.61 Å². The third-order valence-electron chi connectivity index (χ3n) is 3.99. The molecular formula is C20H20O3S. The van der Waals surface area contributed by atoms with E-state index in [4.69, 9.17) is 8.60 Å². The molecule has 0 bridgehead atoms. The van der Waals surface area contributed by atoms with Crippen molar-refractivity contribution < 1.29 is 8.60 Å². The van der Waals surface area contributed by atoms with E-state index in [0.717, 1.165) is 5.56 Å². The first kappa shape index (κ1) is 16.7. The molecule has 3 aromatic rings. The van der Waals surface area contributed by atoms with E-state index in [1.807, 2.05) is 18.4 Å². The van der Waals surface area contributed by atoms with Crippen LogP contribution in [0, 0.1) is 0 Å². The van der Waals surface area contributed by atoms with Crippen molar-refractivity contribution in [1.82, 2.24) is 0 Å². The molecule has 0 aliphatic heterocycles. The molecule has 124 valence electrons. The average molecular weight is 340 g/mol. The molecular weight excluding hydrogens is 320 g/mol. The Balaban J connectivity index is 2.06. The van der Waals surface area contributed by atoms with Gasteiger partial charge >= 0.3 is 0 Å². The second-order valence-corrected chi connectivity index (χ2v) is 7.21. The van der Waals surface area contributed by atoms with E-state index in [1.54, 1.807) is 18.2 Å². The van der Waals surface area contributed by atoms with Gasteiger partial charge in [0.1, 0.15) is 17.6 Å². The van der Waals surface area contributed by atoms with Crippen LogP contribution in [-0.2, 0) is 5.41 Å². The third-order valence-corrected chi connectivity index (χ3v) is 4.35. The first-order valence-electron chi connectivity index (χ1n) is 7.77. The van der Waals surface area contributed by atoms with Crippen LogP contribution in [0.25, 0.3) is 22.1 Å². The molecule has 3 rings (SSSR count). The van der Waals surface area contributed by atoms with Crippen LogP contribution in [0.3, 0.4) is 0 Å². The zero-order valence-corrected chi connectivity index (χ0v) is 15.1. The number of hydrogen-bond donors (Lipinski definition) is 0. The van der Waals surface area contributed by atoms with Crippen LogP contribution in [0.5, 0.6) is 5.75 Å². The highest BCUT2D eigenvalue weighted by Crippen LogP contribution is 2.27. The largest absolute Gasteiger partial charge is 0.463 e. The van der Waals surface area contributed by atoms with Crippen LogP contribution in [0.2, 0.25) is 0 Å². The molecule has 0 unspecified atom stereocenters. The van der Waals surface area contributed by atoms with Gasteiger partial charge in [-0.25, -0.2) is 0 Å². The maximum Gasteiger partial charge on any atom is 0.200 e. The molecule has 0 amide bonds.